The molecule has 27 heavy (non-hydrogen) atoms. The van der Waals surface area contributed by atoms with Crippen LogP contribution < -0.4 is 0 Å². The van der Waals surface area contributed by atoms with Crippen molar-refractivity contribution in [2.24, 2.45) is 0 Å². The summed E-state index contributed by atoms with van der Waals surface area (Å²) in [6, 6.07) is 16.7. The number of nitrogens with zero attached hydrogens (tertiary/aromatic N) is 2. The van der Waals surface area contributed by atoms with E-state index in [-0.39, 0.29) is 6.61 Å². The summed E-state index contributed by atoms with van der Waals surface area (Å²) in [6.07, 6.45) is -1.64. The highest BCUT2D eigenvalue weighted by Crippen LogP contribution is 2.36. The number of aryl methyl sites for hydroxylation is 1. The van der Waals surface area contributed by atoms with E-state index in [1.54, 1.807) is 24.3 Å². The van der Waals surface area contributed by atoms with Crippen LogP contribution in [0, 0.1) is 6.92 Å². The Morgan fingerprint density at radius 3 is 2.26 bits per heavy atom. The van der Waals surface area contributed by atoms with Gasteiger partial charge in [0.15, 0.2) is 4.34 Å². The first-order valence-corrected chi connectivity index (χ1v) is 10.4. The van der Waals surface area contributed by atoms with Crippen molar-refractivity contribution in [1.29, 1.82) is 0 Å². The van der Waals surface area contributed by atoms with Crippen LogP contribution in [0.25, 0.3) is 0 Å². The fourth-order valence-corrected chi connectivity index (χ4v) is 4.75. The lowest BCUT2D eigenvalue weighted by Gasteiger charge is -2.28. The van der Waals surface area contributed by atoms with Gasteiger partial charge in [-0.1, -0.05) is 77.7 Å². The van der Waals surface area contributed by atoms with Gasteiger partial charge in [0.05, 0.1) is 18.8 Å². The first kappa shape index (κ1) is 20.0. The van der Waals surface area contributed by atoms with Gasteiger partial charge in [0, 0.05) is 11.7 Å². The first-order valence-electron chi connectivity index (χ1n) is 8.62. The van der Waals surface area contributed by atoms with Crippen molar-refractivity contribution in [2.75, 3.05) is 5.75 Å². The Morgan fingerprint density at radius 2 is 1.67 bits per heavy atom. The summed E-state index contributed by atoms with van der Waals surface area (Å²) in [7, 11) is 0. The second-order valence-electron chi connectivity index (χ2n) is 6.25. The lowest BCUT2D eigenvalue weighted by molar-refractivity contribution is 0.0642. The lowest BCUT2D eigenvalue weighted by Crippen LogP contribution is -2.27. The summed E-state index contributed by atoms with van der Waals surface area (Å²) in [5.74, 6) is -0.0762. The molecule has 2 aromatic carbocycles. The number of thioether (sulfide) groups is 1. The average molecular weight is 403 g/mol. The van der Waals surface area contributed by atoms with Gasteiger partial charge >= 0.3 is 0 Å². The van der Waals surface area contributed by atoms with Crippen LogP contribution in [0.15, 0.2) is 58.9 Å². The van der Waals surface area contributed by atoms with Crippen molar-refractivity contribution >= 4 is 23.1 Å². The van der Waals surface area contributed by atoms with Crippen molar-refractivity contribution in [3.8, 4) is 0 Å². The molecule has 0 bridgehead atoms. The molecule has 142 valence electrons. The molecule has 1 heterocycles. The van der Waals surface area contributed by atoms with Gasteiger partial charge in [0.25, 0.3) is 0 Å². The number of aliphatic hydroxyl groups is 3. The number of rotatable bonds is 8. The molecule has 0 fully saturated rings. The molecular weight excluding hydrogens is 380 g/mol. The van der Waals surface area contributed by atoms with Crippen molar-refractivity contribution in [3.05, 3.63) is 76.3 Å². The predicted octanol–water partition coefficient (Wildman–Crippen LogP) is 3.31. The number of hydrogen-bond donors (Lipinski definition) is 3. The molecular formula is C20H22N2O3S2. The summed E-state index contributed by atoms with van der Waals surface area (Å²) >= 11 is 2.93. The third kappa shape index (κ3) is 5.15. The molecule has 3 rings (SSSR count). The molecule has 0 aliphatic carbocycles. The molecule has 0 saturated heterocycles. The van der Waals surface area contributed by atoms with E-state index in [9.17, 15) is 15.3 Å². The largest absolute Gasteiger partial charge is 0.392 e. The first-order chi connectivity index (χ1) is 13.1. The molecule has 1 aromatic heterocycles. The van der Waals surface area contributed by atoms with Crippen molar-refractivity contribution in [3.63, 3.8) is 0 Å². The molecule has 0 amide bonds. The number of aliphatic hydroxyl groups excluding tert-OH is 3. The Balaban J connectivity index is 1.81. The Kier molecular flexibility index (Phi) is 6.98. The second-order valence-corrected chi connectivity index (χ2v) is 8.70. The average Bonchev–Trinajstić information content (AvgIpc) is 3.12. The Bertz CT molecular complexity index is 840. The van der Waals surface area contributed by atoms with E-state index < -0.39 is 18.1 Å². The molecule has 3 aromatic rings. The summed E-state index contributed by atoms with van der Waals surface area (Å²) < 4.78 is 0.806. The van der Waals surface area contributed by atoms with Gasteiger partial charge in [0.1, 0.15) is 5.01 Å². The van der Waals surface area contributed by atoms with E-state index in [2.05, 4.69) is 10.2 Å². The number of benzene rings is 2. The van der Waals surface area contributed by atoms with Crippen LogP contribution in [-0.4, -0.2) is 37.4 Å². The summed E-state index contributed by atoms with van der Waals surface area (Å²) in [6.45, 7) is 1.85. The molecule has 0 saturated carbocycles. The maximum absolute atomic E-state index is 11.0. The van der Waals surface area contributed by atoms with Crippen molar-refractivity contribution in [2.45, 2.75) is 36.0 Å². The molecule has 0 radical (unpaired) electrons. The van der Waals surface area contributed by atoms with Crippen LogP contribution in [0.4, 0.5) is 0 Å². The third-order valence-electron chi connectivity index (χ3n) is 4.33. The van der Waals surface area contributed by atoms with Crippen LogP contribution in [0.1, 0.15) is 33.7 Å². The molecule has 5 nitrogen and oxygen atoms in total. The van der Waals surface area contributed by atoms with Crippen molar-refractivity contribution < 1.29 is 15.3 Å². The zero-order valence-electron chi connectivity index (χ0n) is 14.9. The normalized spacial score (nSPS) is 14.7. The Labute approximate surface area is 166 Å². The molecule has 0 spiro atoms. The summed E-state index contributed by atoms with van der Waals surface area (Å²) in [5, 5.41) is 40.1. The highest BCUT2D eigenvalue weighted by molar-refractivity contribution is 8.01. The van der Waals surface area contributed by atoms with Crippen LogP contribution in [0.2, 0.25) is 0 Å². The minimum atomic E-state index is -0.869. The molecule has 3 N–H and O–H groups in total. The van der Waals surface area contributed by atoms with E-state index in [1.807, 2.05) is 37.3 Å². The molecule has 7 heteroatoms. The highest BCUT2D eigenvalue weighted by atomic mass is 32.2. The van der Waals surface area contributed by atoms with Crippen molar-refractivity contribution in [1.82, 2.24) is 10.2 Å². The van der Waals surface area contributed by atoms with Crippen LogP contribution in [0.5, 0.6) is 0 Å². The van der Waals surface area contributed by atoms with Gasteiger partial charge in [-0.3, -0.25) is 0 Å². The quantitative estimate of drug-likeness (QED) is 0.501. The van der Waals surface area contributed by atoms with Gasteiger partial charge in [-0.25, -0.2) is 0 Å². The van der Waals surface area contributed by atoms with E-state index >= 15 is 0 Å². The van der Waals surface area contributed by atoms with Crippen LogP contribution in [0.3, 0.4) is 0 Å². The third-order valence-corrected chi connectivity index (χ3v) is 6.40. The van der Waals surface area contributed by atoms with Gasteiger partial charge < -0.3 is 15.3 Å². The maximum Gasteiger partial charge on any atom is 0.174 e. The summed E-state index contributed by atoms with van der Waals surface area (Å²) in [4.78, 5) is 0. The fourth-order valence-electron chi connectivity index (χ4n) is 2.91. The SMILES string of the molecule is Cc1nnc(SCC(O)C(c2ccccc2)C(O)c2ccc(CO)cc2)s1. The zero-order chi connectivity index (χ0) is 19.2. The molecule has 0 aliphatic rings. The monoisotopic (exact) mass is 402 g/mol. The molecule has 3 unspecified atom stereocenters. The Morgan fingerprint density at radius 1 is 0.963 bits per heavy atom. The van der Waals surface area contributed by atoms with Crippen LogP contribution in [-0.2, 0) is 6.61 Å². The number of hydrogen-bond acceptors (Lipinski definition) is 7. The zero-order valence-corrected chi connectivity index (χ0v) is 16.5. The van der Waals surface area contributed by atoms with E-state index in [4.69, 9.17) is 0 Å². The highest BCUT2D eigenvalue weighted by Gasteiger charge is 2.30. The van der Waals surface area contributed by atoms with E-state index in [1.165, 1.54) is 23.1 Å². The minimum Gasteiger partial charge on any atom is -0.392 e. The molecule has 0 aliphatic heterocycles. The van der Waals surface area contributed by atoms with E-state index in [0.29, 0.717) is 11.3 Å². The summed E-state index contributed by atoms with van der Waals surface area (Å²) in [5.41, 5.74) is 2.36. The van der Waals surface area contributed by atoms with Gasteiger partial charge in [0.2, 0.25) is 0 Å². The smallest absolute Gasteiger partial charge is 0.174 e. The van der Waals surface area contributed by atoms with Gasteiger partial charge in [-0.15, -0.1) is 10.2 Å². The van der Waals surface area contributed by atoms with E-state index in [0.717, 1.165) is 20.5 Å². The Hall–Kier alpha value is -1.77. The lowest BCUT2D eigenvalue weighted by atomic mass is 9.85. The van der Waals surface area contributed by atoms with Crippen LogP contribution >= 0.6 is 23.1 Å². The standard InChI is InChI=1S/C20H22N2O3S2/c1-13-21-22-20(27-13)26-12-17(24)18(15-5-3-2-4-6-15)19(25)16-9-7-14(11-23)8-10-16/h2-10,17-19,23-25H,11-12H2,1H3. The maximum atomic E-state index is 11.0. The topological polar surface area (TPSA) is 86.5 Å². The van der Waals surface area contributed by atoms with Gasteiger partial charge in [-0.05, 0) is 23.6 Å². The second kappa shape index (κ2) is 9.43. The predicted molar refractivity (Wildman–Crippen MR) is 108 cm³/mol. The number of aromatic nitrogens is 2. The minimum absolute atomic E-state index is 0.0426. The van der Waals surface area contributed by atoms with Gasteiger partial charge in [-0.2, -0.15) is 0 Å². The molecule has 3 atom stereocenters. The fraction of sp³-hybridized carbons (Fsp3) is 0.300.